The normalized spacial score (nSPS) is 13.5. The summed E-state index contributed by atoms with van der Waals surface area (Å²) in [6.07, 6.45) is 3.80. The second-order valence-electron chi connectivity index (χ2n) is 9.43. The molecular weight excluding hydrogens is 665 g/mol. The van der Waals surface area contributed by atoms with Crippen LogP contribution in [0.4, 0.5) is 0 Å². The molecule has 1 heterocycles. The molecule has 41 heavy (non-hydrogen) atoms. The Bertz CT molecular complexity index is 1450. The van der Waals surface area contributed by atoms with Crippen molar-refractivity contribution in [3.8, 4) is 0 Å². The maximum Gasteiger partial charge on any atom is 0.102 e. The van der Waals surface area contributed by atoms with Crippen molar-refractivity contribution >= 4 is 69.6 Å². The first-order valence-electron chi connectivity index (χ1n) is 12.5. The minimum Gasteiger partial charge on any atom is -1.00 e. The minimum absolute atomic E-state index is 0. The van der Waals surface area contributed by atoms with Crippen LogP contribution in [0.25, 0.3) is 0 Å². The lowest BCUT2D eigenvalue weighted by atomic mass is 9.97. The van der Waals surface area contributed by atoms with Crippen LogP contribution in [0.2, 0.25) is 30.1 Å². The fourth-order valence-corrected chi connectivity index (χ4v) is 5.93. The van der Waals surface area contributed by atoms with Crippen LogP contribution in [0.15, 0.2) is 97.3 Å². The van der Waals surface area contributed by atoms with E-state index < -0.39 is 0 Å². The van der Waals surface area contributed by atoms with Gasteiger partial charge in [-0.2, -0.15) is 0 Å². The Morgan fingerprint density at radius 1 is 0.634 bits per heavy atom. The lowest BCUT2D eigenvalue weighted by Gasteiger charge is -2.32. The number of benzene rings is 4. The monoisotopic (exact) mass is 685 g/mol. The van der Waals surface area contributed by atoms with Crippen LogP contribution in [0, 0.1) is 0 Å². The van der Waals surface area contributed by atoms with E-state index in [-0.39, 0.29) is 24.6 Å². The molecule has 214 valence electrons. The van der Waals surface area contributed by atoms with E-state index in [2.05, 4.69) is 22.2 Å². The molecule has 4 aromatic carbocycles. The molecular formula is C31H24Cl7N2O-. The summed E-state index contributed by atoms with van der Waals surface area (Å²) >= 11 is 37.7. The third-order valence-corrected chi connectivity index (χ3v) is 8.34. The minimum atomic E-state index is -0.356. The smallest absolute Gasteiger partial charge is 0.102 e. The van der Waals surface area contributed by atoms with Gasteiger partial charge in [0.1, 0.15) is 6.10 Å². The second-order valence-corrected chi connectivity index (χ2v) is 12.0. The first-order valence-corrected chi connectivity index (χ1v) is 14.7. The van der Waals surface area contributed by atoms with Crippen molar-refractivity contribution in [2.24, 2.45) is 0 Å². The molecule has 1 atom stereocenters. The van der Waals surface area contributed by atoms with Gasteiger partial charge in [0.05, 0.1) is 19.3 Å². The van der Waals surface area contributed by atoms with Crippen LogP contribution in [0.1, 0.15) is 34.4 Å². The highest BCUT2D eigenvalue weighted by molar-refractivity contribution is 6.35. The molecule has 1 unspecified atom stereocenters. The Morgan fingerprint density at radius 2 is 1.17 bits per heavy atom. The van der Waals surface area contributed by atoms with Gasteiger partial charge in [-0.3, -0.25) is 0 Å². The van der Waals surface area contributed by atoms with E-state index in [1.807, 2.05) is 66.7 Å². The summed E-state index contributed by atoms with van der Waals surface area (Å²) in [5.41, 5.74) is 3.91. The van der Waals surface area contributed by atoms with Gasteiger partial charge in [-0.05, 0) is 65.2 Å². The number of hydrogen-bond donors (Lipinski definition) is 0. The molecule has 0 saturated carbocycles. The van der Waals surface area contributed by atoms with E-state index >= 15 is 0 Å². The van der Waals surface area contributed by atoms with Gasteiger partial charge in [0, 0.05) is 54.6 Å². The molecule has 5 rings (SSSR count). The quantitative estimate of drug-likeness (QED) is 0.179. The van der Waals surface area contributed by atoms with Gasteiger partial charge in [-0.1, -0.05) is 106 Å². The predicted molar refractivity (Wildman–Crippen MR) is 168 cm³/mol. The molecule has 1 aliphatic rings. The molecule has 0 N–H and O–H groups in total. The van der Waals surface area contributed by atoms with E-state index in [1.54, 1.807) is 18.2 Å². The number of halogens is 7. The third kappa shape index (κ3) is 8.19. The lowest BCUT2D eigenvalue weighted by Crippen LogP contribution is -3.00. The average Bonchev–Trinajstić information content (AvgIpc) is 3.38. The Morgan fingerprint density at radius 3 is 1.73 bits per heavy atom. The highest BCUT2D eigenvalue weighted by atomic mass is 35.5. The second kappa shape index (κ2) is 14.6. The molecule has 0 radical (unpaired) electrons. The van der Waals surface area contributed by atoms with Gasteiger partial charge in [0.15, 0.2) is 0 Å². The van der Waals surface area contributed by atoms with Crippen LogP contribution in [0.5, 0.6) is 0 Å². The summed E-state index contributed by atoms with van der Waals surface area (Å²) in [4.78, 5) is 4.46. The summed E-state index contributed by atoms with van der Waals surface area (Å²) in [5.74, 6) is 0. The molecule has 3 nitrogen and oxygen atoms in total. The van der Waals surface area contributed by atoms with Gasteiger partial charge >= 0.3 is 0 Å². The first-order chi connectivity index (χ1) is 19.3. The van der Waals surface area contributed by atoms with Crippen LogP contribution in [0.3, 0.4) is 0 Å². The molecule has 0 spiro atoms. The van der Waals surface area contributed by atoms with E-state index in [0.29, 0.717) is 50.0 Å². The number of rotatable bonds is 9. The van der Waals surface area contributed by atoms with Gasteiger partial charge in [0.2, 0.25) is 0 Å². The van der Waals surface area contributed by atoms with E-state index in [4.69, 9.17) is 74.3 Å². The van der Waals surface area contributed by atoms with Crippen molar-refractivity contribution in [1.29, 1.82) is 0 Å². The third-order valence-electron chi connectivity index (χ3n) is 6.68. The van der Waals surface area contributed by atoms with Crippen LogP contribution >= 0.6 is 69.6 Å². The topological polar surface area (TPSA) is 15.7 Å². The summed E-state index contributed by atoms with van der Waals surface area (Å²) in [5, 5.41) is 3.61. The van der Waals surface area contributed by atoms with E-state index in [9.17, 15) is 0 Å². The van der Waals surface area contributed by atoms with Crippen LogP contribution < -0.4 is 12.4 Å². The van der Waals surface area contributed by atoms with E-state index in [0.717, 1.165) is 22.3 Å². The summed E-state index contributed by atoms with van der Waals surface area (Å²) in [7, 11) is 0. The fourth-order valence-electron chi connectivity index (χ4n) is 4.68. The zero-order valence-electron chi connectivity index (χ0n) is 21.5. The fraction of sp³-hybridized carbons (Fsp3) is 0.161. The Hall–Kier alpha value is -1.79. The molecule has 0 saturated heterocycles. The van der Waals surface area contributed by atoms with Crippen molar-refractivity contribution in [1.82, 2.24) is 9.80 Å². The Kier molecular flexibility index (Phi) is 11.4. The van der Waals surface area contributed by atoms with Gasteiger partial charge < -0.3 is 26.9 Å². The van der Waals surface area contributed by atoms with Gasteiger partial charge in [0.25, 0.3) is 0 Å². The molecule has 1 aliphatic heterocycles. The first kappa shape index (κ1) is 32.1. The molecule has 0 fully saturated rings. The molecule has 0 aliphatic carbocycles. The number of ether oxygens (including phenoxy) is 1. The number of nitrogens with zero attached hydrogens (tertiary/aromatic N) is 2. The highest BCUT2D eigenvalue weighted by Gasteiger charge is 2.27. The molecule has 0 bridgehead atoms. The van der Waals surface area contributed by atoms with Crippen molar-refractivity contribution < 1.29 is 17.1 Å². The standard InChI is InChI=1S/C31H24Cl6N2O.ClH/c32-23-6-1-20(2-7-23)31(21-3-8-24(33)9-4-21)39-14-13-38(19-39)17-30(27-12-11-26(35)16-29(27)37)40-18-22-5-10-25(34)15-28(22)36;/h1-16,30-31H,17-19H2;1H/p-1. The largest absolute Gasteiger partial charge is 1.00 e. The zero-order valence-corrected chi connectivity index (χ0v) is 26.8. The van der Waals surface area contributed by atoms with Gasteiger partial charge in [-0.25, -0.2) is 0 Å². The summed E-state index contributed by atoms with van der Waals surface area (Å²) in [6.45, 7) is 1.47. The Balaban J connectivity index is 0.00000387. The van der Waals surface area contributed by atoms with E-state index in [1.165, 1.54) is 0 Å². The van der Waals surface area contributed by atoms with Crippen molar-refractivity contribution in [3.05, 3.63) is 150 Å². The lowest BCUT2D eigenvalue weighted by molar-refractivity contribution is -0.0000107. The van der Waals surface area contributed by atoms with Gasteiger partial charge in [-0.15, -0.1) is 0 Å². The number of hydrogen-bond acceptors (Lipinski definition) is 3. The van der Waals surface area contributed by atoms with Crippen molar-refractivity contribution in [2.75, 3.05) is 13.2 Å². The Labute approximate surface area is 276 Å². The van der Waals surface area contributed by atoms with Crippen molar-refractivity contribution in [2.45, 2.75) is 18.8 Å². The summed E-state index contributed by atoms with van der Waals surface area (Å²) < 4.78 is 6.43. The zero-order chi connectivity index (χ0) is 28.2. The maximum absolute atomic E-state index is 6.63. The summed E-state index contributed by atoms with van der Waals surface area (Å²) in [6, 6.07) is 26.6. The van der Waals surface area contributed by atoms with Crippen LogP contribution in [-0.2, 0) is 11.3 Å². The SMILES string of the molecule is Clc1ccc(C(c2ccc(Cl)cc2)N2C=CN(CC(OCc3ccc(Cl)cc3Cl)c3ccc(Cl)cc3Cl)C2)cc1.[Cl-]. The molecule has 4 aromatic rings. The molecule has 10 heteroatoms. The van der Waals surface area contributed by atoms with Crippen LogP contribution in [-0.4, -0.2) is 23.0 Å². The average molecular weight is 689 g/mol. The highest BCUT2D eigenvalue weighted by Crippen LogP contribution is 2.35. The van der Waals surface area contributed by atoms with Crippen molar-refractivity contribution in [3.63, 3.8) is 0 Å². The molecule has 0 amide bonds. The molecule has 0 aromatic heterocycles. The predicted octanol–water partition coefficient (Wildman–Crippen LogP) is 7.70. The maximum atomic E-state index is 6.63.